The third-order valence-electron chi connectivity index (χ3n) is 3.22. The minimum absolute atomic E-state index is 0.00397. The molecule has 0 saturated carbocycles. The Labute approximate surface area is 116 Å². The third-order valence-corrected chi connectivity index (χ3v) is 3.22. The van der Waals surface area contributed by atoms with Crippen molar-refractivity contribution in [3.8, 4) is 0 Å². The molecule has 110 valence electrons. The van der Waals surface area contributed by atoms with Gasteiger partial charge in [-0.25, -0.2) is 9.59 Å². The highest BCUT2D eigenvalue weighted by atomic mass is 16.5. The lowest BCUT2D eigenvalue weighted by Crippen LogP contribution is -2.57. The van der Waals surface area contributed by atoms with Crippen LogP contribution in [0, 0.1) is 0 Å². The number of amides is 2. The van der Waals surface area contributed by atoms with E-state index in [0.29, 0.717) is 19.6 Å². The Bertz CT molecular complexity index is 493. The number of carboxylic acids is 1. The lowest BCUT2D eigenvalue weighted by Gasteiger charge is -2.23. The van der Waals surface area contributed by atoms with Gasteiger partial charge >= 0.3 is 12.0 Å². The maximum absolute atomic E-state index is 11.7. The highest BCUT2D eigenvalue weighted by Crippen LogP contribution is 2.18. The molecule has 1 atom stereocenters. The zero-order chi connectivity index (χ0) is 14.6. The van der Waals surface area contributed by atoms with E-state index in [-0.39, 0.29) is 13.0 Å². The van der Waals surface area contributed by atoms with Crippen LogP contribution >= 0.6 is 0 Å². The number of aromatic nitrogens is 2. The largest absolute Gasteiger partial charge is 0.479 e. The Balaban J connectivity index is 1.78. The molecule has 1 aliphatic rings. The summed E-state index contributed by atoms with van der Waals surface area (Å²) in [6.45, 7) is 0.718. The van der Waals surface area contributed by atoms with Crippen molar-refractivity contribution in [3.05, 3.63) is 18.0 Å². The summed E-state index contributed by atoms with van der Waals surface area (Å²) >= 11 is 0. The summed E-state index contributed by atoms with van der Waals surface area (Å²) in [7, 11) is 1.82. The summed E-state index contributed by atoms with van der Waals surface area (Å²) in [6.07, 6.45) is 2.69. The molecule has 0 spiro atoms. The molecule has 8 nitrogen and oxygen atoms in total. The van der Waals surface area contributed by atoms with Gasteiger partial charge in [0.2, 0.25) is 0 Å². The average molecular weight is 282 g/mol. The van der Waals surface area contributed by atoms with Crippen molar-refractivity contribution in [2.75, 3.05) is 19.8 Å². The minimum atomic E-state index is -1.31. The highest BCUT2D eigenvalue weighted by Gasteiger charge is 2.43. The maximum atomic E-state index is 11.7. The molecule has 1 saturated heterocycles. The van der Waals surface area contributed by atoms with Crippen LogP contribution in [0.25, 0.3) is 0 Å². The van der Waals surface area contributed by atoms with Crippen LogP contribution in [0.15, 0.2) is 12.3 Å². The molecular weight excluding hydrogens is 264 g/mol. The van der Waals surface area contributed by atoms with Gasteiger partial charge in [-0.3, -0.25) is 4.68 Å². The molecule has 1 aliphatic heterocycles. The predicted molar refractivity (Wildman–Crippen MR) is 69.2 cm³/mol. The van der Waals surface area contributed by atoms with Gasteiger partial charge in [0.1, 0.15) is 0 Å². The van der Waals surface area contributed by atoms with Crippen LogP contribution in [-0.2, 0) is 23.0 Å². The Kier molecular flexibility index (Phi) is 4.23. The van der Waals surface area contributed by atoms with Crippen LogP contribution < -0.4 is 10.6 Å². The van der Waals surface area contributed by atoms with Crippen molar-refractivity contribution in [3.63, 3.8) is 0 Å². The first-order valence-corrected chi connectivity index (χ1v) is 6.37. The van der Waals surface area contributed by atoms with Gasteiger partial charge < -0.3 is 20.5 Å². The molecule has 20 heavy (non-hydrogen) atoms. The molecule has 1 fully saturated rings. The topological polar surface area (TPSA) is 105 Å². The maximum Gasteiger partial charge on any atom is 0.332 e. The van der Waals surface area contributed by atoms with E-state index >= 15 is 0 Å². The van der Waals surface area contributed by atoms with E-state index in [1.807, 2.05) is 19.3 Å². The fraction of sp³-hybridized carbons (Fsp3) is 0.583. The van der Waals surface area contributed by atoms with Crippen molar-refractivity contribution >= 4 is 12.0 Å². The van der Waals surface area contributed by atoms with E-state index in [2.05, 4.69) is 15.7 Å². The van der Waals surface area contributed by atoms with Crippen LogP contribution in [0.4, 0.5) is 4.79 Å². The molecule has 0 aromatic carbocycles. The van der Waals surface area contributed by atoms with Crippen LogP contribution in [0.2, 0.25) is 0 Å². The van der Waals surface area contributed by atoms with Crippen LogP contribution in [-0.4, -0.2) is 52.2 Å². The number of urea groups is 1. The molecule has 0 bridgehead atoms. The van der Waals surface area contributed by atoms with Crippen molar-refractivity contribution < 1.29 is 19.4 Å². The van der Waals surface area contributed by atoms with E-state index in [1.165, 1.54) is 0 Å². The van der Waals surface area contributed by atoms with Gasteiger partial charge in [-0.15, -0.1) is 0 Å². The van der Waals surface area contributed by atoms with Gasteiger partial charge in [0.15, 0.2) is 5.54 Å². The number of nitrogens with one attached hydrogen (secondary N) is 2. The second-order valence-electron chi connectivity index (χ2n) is 4.80. The molecule has 2 rings (SSSR count). The number of aliphatic carboxylic acids is 1. The van der Waals surface area contributed by atoms with Crippen LogP contribution in [0.5, 0.6) is 0 Å². The first-order valence-electron chi connectivity index (χ1n) is 6.37. The molecule has 0 radical (unpaired) electrons. The molecule has 2 amide bonds. The summed E-state index contributed by atoms with van der Waals surface area (Å²) in [5.41, 5.74) is -0.445. The number of aryl methyl sites for hydroxylation is 1. The summed E-state index contributed by atoms with van der Waals surface area (Å²) in [5, 5.41) is 18.5. The molecule has 2 heterocycles. The van der Waals surface area contributed by atoms with Crippen molar-refractivity contribution in [2.24, 2.45) is 7.05 Å². The molecule has 1 aromatic rings. The first kappa shape index (κ1) is 14.3. The number of ether oxygens (including phenoxy) is 1. The van der Waals surface area contributed by atoms with E-state index in [1.54, 1.807) is 4.68 Å². The van der Waals surface area contributed by atoms with Crippen molar-refractivity contribution in [1.29, 1.82) is 0 Å². The number of nitrogens with zero attached hydrogens (tertiary/aromatic N) is 2. The smallest absolute Gasteiger partial charge is 0.332 e. The number of carbonyl (C=O) groups is 2. The lowest BCUT2D eigenvalue weighted by molar-refractivity contribution is -0.144. The van der Waals surface area contributed by atoms with Crippen LogP contribution in [0.3, 0.4) is 0 Å². The number of carboxylic acid groups (broad SMARTS) is 1. The van der Waals surface area contributed by atoms with Gasteiger partial charge in [-0.05, 0) is 6.07 Å². The van der Waals surface area contributed by atoms with Gasteiger partial charge in [0.25, 0.3) is 0 Å². The monoisotopic (exact) mass is 282 g/mol. The van der Waals surface area contributed by atoms with Gasteiger partial charge in [-0.2, -0.15) is 5.10 Å². The Hall–Kier alpha value is -2.09. The van der Waals surface area contributed by atoms with Crippen LogP contribution in [0.1, 0.15) is 12.1 Å². The Morgan fingerprint density at radius 2 is 2.40 bits per heavy atom. The lowest BCUT2D eigenvalue weighted by atomic mass is 9.99. The second kappa shape index (κ2) is 5.91. The summed E-state index contributed by atoms with van der Waals surface area (Å²) < 4.78 is 6.75. The fourth-order valence-corrected chi connectivity index (χ4v) is 2.05. The van der Waals surface area contributed by atoms with Gasteiger partial charge in [0, 0.05) is 39.2 Å². The molecule has 8 heteroatoms. The summed E-state index contributed by atoms with van der Waals surface area (Å²) in [5.74, 6) is -1.07. The number of rotatable bonds is 5. The molecule has 1 aromatic heterocycles. The van der Waals surface area contributed by atoms with E-state index in [9.17, 15) is 14.7 Å². The zero-order valence-electron chi connectivity index (χ0n) is 11.3. The van der Waals surface area contributed by atoms with Gasteiger partial charge in [-0.1, -0.05) is 0 Å². The molecule has 3 N–H and O–H groups in total. The summed E-state index contributed by atoms with van der Waals surface area (Å²) in [6, 6.07) is 1.36. The first-order chi connectivity index (χ1) is 9.52. The normalized spacial score (nSPS) is 21.6. The summed E-state index contributed by atoms with van der Waals surface area (Å²) in [4.78, 5) is 23.0. The number of carbonyl (C=O) groups excluding carboxylic acids is 1. The predicted octanol–water partition coefficient (Wildman–Crippen LogP) is -0.494. The van der Waals surface area contributed by atoms with E-state index < -0.39 is 17.5 Å². The zero-order valence-corrected chi connectivity index (χ0v) is 11.3. The minimum Gasteiger partial charge on any atom is -0.479 e. The van der Waals surface area contributed by atoms with Crippen molar-refractivity contribution in [1.82, 2.24) is 20.4 Å². The Morgan fingerprint density at radius 1 is 1.60 bits per heavy atom. The molecular formula is C12H18N4O4. The van der Waals surface area contributed by atoms with E-state index in [4.69, 9.17) is 4.74 Å². The highest BCUT2D eigenvalue weighted by molar-refractivity contribution is 5.86. The fourth-order valence-electron chi connectivity index (χ4n) is 2.05. The van der Waals surface area contributed by atoms with E-state index in [0.717, 1.165) is 5.69 Å². The Morgan fingerprint density at radius 3 is 2.95 bits per heavy atom. The molecule has 0 aliphatic carbocycles. The second-order valence-corrected chi connectivity index (χ2v) is 4.80. The van der Waals surface area contributed by atoms with Gasteiger partial charge in [0.05, 0.1) is 12.3 Å². The average Bonchev–Trinajstić information content (AvgIpc) is 2.99. The number of hydrogen-bond acceptors (Lipinski definition) is 4. The molecule has 1 unspecified atom stereocenters. The number of hydrogen-bond donors (Lipinski definition) is 3. The standard InChI is InChI=1S/C12H18N4O4/c1-16-6-3-9(15-16)2-5-13-11(19)14-12(10(17)18)4-7-20-8-12/h3,6H,2,4-5,7-8H2,1H3,(H,17,18)(H2,13,14,19). The van der Waals surface area contributed by atoms with Crippen molar-refractivity contribution in [2.45, 2.75) is 18.4 Å². The third kappa shape index (κ3) is 3.27. The quantitative estimate of drug-likeness (QED) is 0.675. The SMILES string of the molecule is Cn1ccc(CCNC(=O)NC2(C(=O)O)CCOC2)n1.